The number of aryl methyl sites for hydroxylation is 1. The van der Waals surface area contributed by atoms with Crippen LogP contribution in [0, 0.1) is 12.7 Å². The Morgan fingerprint density at radius 3 is 2.44 bits per heavy atom. The summed E-state index contributed by atoms with van der Waals surface area (Å²) in [5.41, 5.74) is 1.46. The largest absolute Gasteiger partial charge is 0.456 e. The zero-order valence-electron chi connectivity index (χ0n) is 13.9. The first-order valence-electron chi connectivity index (χ1n) is 7.70. The van der Waals surface area contributed by atoms with Crippen LogP contribution < -0.4 is 5.32 Å². The molecular formula is C19H18FNO4. The average Bonchev–Trinajstić information content (AvgIpc) is 2.59. The maximum atomic E-state index is 13.1. The lowest BCUT2D eigenvalue weighted by atomic mass is 10.1. The van der Waals surface area contributed by atoms with Crippen LogP contribution >= 0.6 is 0 Å². The van der Waals surface area contributed by atoms with E-state index in [4.69, 9.17) is 4.74 Å². The van der Waals surface area contributed by atoms with Gasteiger partial charge >= 0.3 is 5.97 Å². The Balaban J connectivity index is 1.88. The Kier molecular flexibility index (Phi) is 6.00. The Hall–Kier alpha value is -3.02. The standard InChI is InChI=1S/C19H18FNO4/c1-12-5-3-7-15(9-12)18(23)21-13(2)19(24)25-11-17(22)14-6-4-8-16(20)10-14/h3-10,13H,11H2,1-2H3,(H,21,23)/t13-/m0/s1. The molecule has 6 heteroatoms. The molecule has 0 aliphatic carbocycles. The quantitative estimate of drug-likeness (QED) is 0.646. The average molecular weight is 343 g/mol. The number of amides is 1. The summed E-state index contributed by atoms with van der Waals surface area (Å²) in [5.74, 6) is -2.23. The Morgan fingerprint density at radius 1 is 1.08 bits per heavy atom. The van der Waals surface area contributed by atoms with E-state index in [0.29, 0.717) is 5.56 Å². The van der Waals surface area contributed by atoms with E-state index in [1.54, 1.807) is 18.2 Å². The first-order chi connectivity index (χ1) is 11.9. The summed E-state index contributed by atoms with van der Waals surface area (Å²) in [6, 6.07) is 11.1. The van der Waals surface area contributed by atoms with Crippen LogP contribution in [0.1, 0.15) is 33.2 Å². The fourth-order valence-corrected chi connectivity index (χ4v) is 2.13. The van der Waals surface area contributed by atoms with Gasteiger partial charge in [-0.05, 0) is 38.1 Å². The van der Waals surface area contributed by atoms with E-state index in [9.17, 15) is 18.8 Å². The molecular weight excluding hydrogens is 325 g/mol. The highest BCUT2D eigenvalue weighted by Crippen LogP contribution is 2.06. The van der Waals surface area contributed by atoms with Crippen molar-refractivity contribution in [2.24, 2.45) is 0 Å². The summed E-state index contributed by atoms with van der Waals surface area (Å²) in [6.45, 7) is 2.79. The van der Waals surface area contributed by atoms with E-state index < -0.39 is 36.1 Å². The topological polar surface area (TPSA) is 72.5 Å². The lowest BCUT2D eigenvalue weighted by molar-refractivity contribution is -0.144. The SMILES string of the molecule is Cc1cccc(C(=O)N[C@@H](C)C(=O)OCC(=O)c2cccc(F)c2)c1. The molecule has 0 unspecified atom stereocenters. The molecule has 0 aliphatic heterocycles. The molecule has 0 aliphatic rings. The van der Waals surface area contributed by atoms with Crippen molar-refractivity contribution < 1.29 is 23.5 Å². The highest BCUT2D eigenvalue weighted by molar-refractivity contribution is 5.99. The number of halogens is 1. The van der Waals surface area contributed by atoms with Crippen LogP contribution in [0.15, 0.2) is 48.5 Å². The molecule has 2 aromatic rings. The minimum atomic E-state index is -0.923. The van der Waals surface area contributed by atoms with Gasteiger partial charge in [0.25, 0.3) is 5.91 Å². The van der Waals surface area contributed by atoms with Crippen LogP contribution in [-0.2, 0) is 9.53 Å². The van der Waals surface area contributed by atoms with E-state index in [2.05, 4.69) is 5.32 Å². The van der Waals surface area contributed by atoms with Gasteiger partial charge in [-0.1, -0.05) is 29.8 Å². The third kappa shape index (κ3) is 5.24. The summed E-state index contributed by atoms with van der Waals surface area (Å²) in [7, 11) is 0. The lowest BCUT2D eigenvalue weighted by Gasteiger charge is -2.13. The first-order valence-corrected chi connectivity index (χ1v) is 7.70. The van der Waals surface area contributed by atoms with Crippen LogP contribution in [-0.4, -0.2) is 30.3 Å². The molecule has 1 amide bonds. The minimum absolute atomic E-state index is 0.115. The number of benzene rings is 2. The van der Waals surface area contributed by atoms with Gasteiger partial charge in [0.15, 0.2) is 12.4 Å². The second-order valence-corrected chi connectivity index (χ2v) is 5.61. The molecule has 25 heavy (non-hydrogen) atoms. The van der Waals surface area contributed by atoms with Crippen LogP contribution in [0.3, 0.4) is 0 Å². The molecule has 0 bridgehead atoms. The third-order valence-corrected chi connectivity index (χ3v) is 3.47. The third-order valence-electron chi connectivity index (χ3n) is 3.47. The van der Waals surface area contributed by atoms with Crippen molar-refractivity contribution in [2.45, 2.75) is 19.9 Å². The first kappa shape index (κ1) is 18.3. The molecule has 0 saturated heterocycles. The van der Waals surface area contributed by atoms with E-state index in [-0.39, 0.29) is 5.56 Å². The van der Waals surface area contributed by atoms with Crippen molar-refractivity contribution in [2.75, 3.05) is 6.61 Å². The molecule has 0 aromatic heterocycles. The number of ether oxygens (including phenoxy) is 1. The molecule has 0 heterocycles. The van der Waals surface area contributed by atoms with Gasteiger partial charge in [0.1, 0.15) is 11.9 Å². The van der Waals surface area contributed by atoms with Crippen molar-refractivity contribution in [1.29, 1.82) is 0 Å². The number of nitrogens with one attached hydrogen (secondary N) is 1. The number of rotatable bonds is 6. The van der Waals surface area contributed by atoms with Crippen molar-refractivity contribution in [1.82, 2.24) is 5.32 Å². The molecule has 5 nitrogen and oxygen atoms in total. The van der Waals surface area contributed by atoms with Crippen LogP contribution in [0.2, 0.25) is 0 Å². The van der Waals surface area contributed by atoms with Gasteiger partial charge < -0.3 is 10.1 Å². The van der Waals surface area contributed by atoms with Gasteiger partial charge in [0, 0.05) is 11.1 Å². The number of carbonyl (C=O) groups is 3. The number of Topliss-reactive ketones (excluding diaryl/α,β-unsaturated/α-hetero) is 1. The van der Waals surface area contributed by atoms with Gasteiger partial charge in [0.2, 0.25) is 0 Å². The fourth-order valence-electron chi connectivity index (χ4n) is 2.13. The van der Waals surface area contributed by atoms with E-state index in [1.165, 1.54) is 25.1 Å². The van der Waals surface area contributed by atoms with Crippen molar-refractivity contribution in [3.05, 3.63) is 71.0 Å². The lowest BCUT2D eigenvalue weighted by Crippen LogP contribution is -2.40. The molecule has 0 fully saturated rings. The summed E-state index contributed by atoms with van der Waals surface area (Å²) in [6.07, 6.45) is 0. The minimum Gasteiger partial charge on any atom is -0.456 e. The van der Waals surface area contributed by atoms with Gasteiger partial charge in [-0.15, -0.1) is 0 Å². The van der Waals surface area contributed by atoms with E-state index in [1.807, 2.05) is 13.0 Å². The monoisotopic (exact) mass is 343 g/mol. The number of ketones is 1. The predicted molar refractivity (Wildman–Crippen MR) is 89.8 cm³/mol. The number of carbonyl (C=O) groups excluding carboxylic acids is 3. The maximum absolute atomic E-state index is 13.1. The van der Waals surface area contributed by atoms with Gasteiger partial charge in [-0.25, -0.2) is 9.18 Å². The fraction of sp³-hybridized carbons (Fsp3) is 0.211. The molecule has 2 rings (SSSR count). The number of hydrogen-bond donors (Lipinski definition) is 1. The molecule has 2 aromatic carbocycles. The van der Waals surface area contributed by atoms with Gasteiger partial charge in [0.05, 0.1) is 0 Å². The van der Waals surface area contributed by atoms with Crippen molar-refractivity contribution in [3.63, 3.8) is 0 Å². The van der Waals surface area contributed by atoms with Crippen LogP contribution in [0.4, 0.5) is 4.39 Å². The normalized spacial score (nSPS) is 11.5. The van der Waals surface area contributed by atoms with Crippen LogP contribution in [0.25, 0.3) is 0 Å². The maximum Gasteiger partial charge on any atom is 0.328 e. The zero-order chi connectivity index (χ0) is 18.4. The summed E-state index contributed by atoms with van der Waals surface area (Å²) >= 11 is 0. The second kappa shape index (κ2) is 8.19. The van der Waals surface area contributed by atoms with Gasteiger partial charge in [-0.3, -0.25) is 9.59 Å². The predicted octanol–water partition coefficient (Wildman–Crippen LogP) is 2.68. The Morgan fingerprint density at radius 2 is 1.76 bits per heavy atom. The van der Waals surface area contributed by atoms with E-state index in [0.717, 1.165) is 11.6 Å². The van der Waals surface area contributed by atoms with E-state index >= 15 is 0 Å². The molecule has 1 atom stereocenters. The summed E-state index contributed by atoms with van der Waals surface area (Å²) in [5, 5.41) is 2.51. The van der Waals surface area contributed by atoms with Crippen molar-refractivity contribution >= 4 is 17.7 Å². The molecule has 0 spiro atoms. The smallest absolute Gasteiger partial charge is 0.328 e. The molecule has 1 N–H and O–H groups in total. The molecule has 0 saturated carbocycles. The number of esters is 1. The molecule has 0 radical (unpaired) electrons. The molecule has 130 valence electrons. The second-order valence-electron chi connectivity index (χ2n) is 5.61. The highest BCUT2D eigenvalue weighted by atomic mass is 19.1. The Labute approximate surface area is 144 Å². The summed E-state index contributed by atoms with van der Waals surface area (Å²) in [4.78, 5) is 35.9. The van der Waals surface area contributed by atoms with Crippen molar-refractivity contribution in [3.8, 4) is 0 Å². The number of hydrogen-bond acceptors (Lipinski definition) is 4. The van der Waals surface area contributed by atoms with Crippen LogP contribution in [0.5, 0.6) is 0 Å². The Bertz CT molecular complexity index is 804. The highest BCUT2D eigenvalue weighted by Gasteiger charge is 2.19. The van der Waals surface area contributed by atoms with Gasteiger partial charge in [-0.2, -0.15) is 0 Å². The zero-order valence-corrected chi connectivity index (χ0v) is 13.9. The summed E-state index contributed by atoms with van der Waals surface area (Å²) < 4.78 is 18.0.